The van der Waals surface area contributed by atoms with E-state index in [2.05, 4.69) is 48.5 Å². The number of benzene rings is 2. The smallest absolute Gasteiger partial charge is 0.171 e. The van der Waals surface area contributed by atoms with Crippen LogP contribution in [0.3, 0.4) is 0 Å². The quantitative estimate of drug-likeness (QED) is 0.744. The SMILES string of the molecule is COC[Si](COC)(c1ccccc1)c1ccccc1. The lowest BCUT2D eigenvalue weighted by atomic mass is 10.4. The normalized spacial score (nSPS) is 11.5. The van der Waals surface area contributed by atoms with Gasteiger partial charge in [-0.05, 0) is 10.4 Å². The third-order valence-electron chi connectivity index (χ3n) is 3.43. The van der Waals surface area contributed by atoms with Gasteiger partial charge in [-0.1, -0.05) is 60.7 Å². The van der Waals surface area contributed by atoms with Gasteiger partial charge in [0.15, 0.2) is 8.07 Å². The van der Waals surface area contributed by atoms with Gasteiger partial charge in [-0.25, -0.2) is 0 Å². The highest BCUT2D eigenvalue weighted by atomic mass is 28.3. The molecule has 0 fully saturated rings. The molecule has 0 radical (unpaired) electrons. The molecule has 0 aromatic heterocycles. The summed E-state index contributed by atoms with van der Waals surface area (Å²) < 4.78 is 11.1. The van der Waals surface area contributed by atoms with Gasteiger partial charge in [-0.3, -0.25) is 0 Å². The van der Waals surface area contributed by atoms with Gasteiger partial charge in [0.25, 0.3) is 0 Å². The molecule has 0 atom stereocenters. The van der Waals surface area contributed by atoms with Gasteiger partial charge in [0.05, 0.1) is 12.5 Å². The van der Waals surface area contributed by atoms with Crippen LogP contribution in [0.1, 0.15) is 0 Å². The fourth-order valence-electron chi connectivity index (χ4n) is 2.55. The van der Waals surface area contributed by atoms with Crippen molar-refractivity contribution in [3.05, 3.63) is 60.7 Å². The number of ether oxygens (including phenoxy) is 2. The molecular weight excluding hydrogens is 252 g/mol. The van der Waals surface area contributed by atoms with Crippen LogP contribution in [0, 0.1) is 0 Å². The Kier molecular flexibility index (Phi) is 4.91. The Morgan fingerprint density at radius 3 is 1.37 bits per heavy atom. The van der Waals surface area contributed by atoms with Crippen molar-refractivity contribution >= 4 is 18.4 Å². The van der Waals surface area contributed by atoms with Gasteiger partial charge in [-0.2, -0.15) is 0 Å². The lowest BCUT2D eigenvalue weighted by Gasteiger charge is -2.31. The summed E-state index contributed by atoms with van der Waals surface area (Å²) in [5.41, 5.74) is 0. The van der Waals surface area contributed by atoms with Gasteiger partial charge in [0.2, 0.25) is 0 Å². The molecular formula is C16H20O2Si. The van der Waals surface area contributed by atoms with E-state index < -0.39 is 8.07 Å². The Labute approximate surface area is 116 Å². The van der Waals surface area contributed by atoms with Gasteiger partial charge in [0, 0.05) is 14.2 Å². The maximum atomic E-state index is 5.55. The number of hydrogen-bond acceptors (Lipinski definition) is 2. The van der Waals surface area contributed by atoms with E-state index in [1.165, 1.54) is 10.4 Å². The molecule has 0 spiro atoms. The van der Waals surface area contributed by atoms with Crippen LogP contribution in [0.15, 0.2) is 60.7 Å². The zero-order chi connectivity index (χ0) is 13.6. The molecule has 2 nitrogen and oxygen atoms in total. The van der Waals surface area contributed by atoms with Crippen LogP contribution >= 0.6 is 0 Å². The first-order valence-electron chi connectivity index (χ1n) is 6.42. The van der Waals surface area contributed by atoms with Gasteiger partial charge in [0.1, 0.15) is 0 Å². The van der Waals surface area contributed by atoms with Crippen molar-refractivity contribution in [1.82, 2.24) is 0 Å². The first-order valence-corrected chi connectivity index (χ1v) is 8.84. The summed E-state index contributed by atoms with van der Waals surface area (Å²) in [7, 11) is 1.54. The van der Waals surface area contributed by atoms with Gasteiger partial charge in [-0.15, -0.1) is 0 Å². The first-order chi connectivity index (χ1) is 9.33. The van der Waals surface area contributed by atoms with E-state index in [4.69, 9.17) is 9.47 Å². The lowest BCUT2D eigenvalue weighted by Crippen LogP contribution is -2.65. The van der Waals surface area contributed by atoms with Crippen LogP contribution in [0.4, 0.5) is 0 Å². The molecule has 0 bridgehead atoms. The highest BCUT2D eigenvalue weighted by Crippen LogP contribution is 2.07. The molecule has 0 aliphatic carbocycles. The predicted molar refractivity (Wildman–Crippen MR) is 81.7 cm³/mol. The second kappa shape index (κ2) is 6.66. The van der Waals surface area contributed by atoms with Gasteiger partial charge >= 0.3 is 0 Å². The number of rotatable bonds is 6. The molecule has 0 aliphatic heterocycles. The Hall–Kier alpha value is -1.42. The third-order valence-corrected chi connectivity index (χ3v) is 7.87. The summed E-state index contributed by atoms with van der Waals surface area (Å²) in [5.74, 6) is 0. The average molecular weight is 272 g/mol. The van der Waals surface area contributed by atoms with Crippen molar-refractivity contribution in [2.24, 2.45) is 0 Å². The summed E-state index contributed by atoms with van der Waals surface area (Å²) in [5, 5.41) is 2.70. The molecule has 0 N–H and O–H groups in total. The molecule has 0 saturated carbocycles. The largest absolute Gasteiger partial charge is 0.387 e. The van der Waals surface area contributed by atoms with Gasteiger partial charge < -0.3 is 9.47 Å². The summed E-state index contributed by atoms with van der Waals surface area (Å²) in [6.07, 6.45) is 1.46. The molecule has 2 aromatic rings. The Bertz CT molecular complexity index is 437. The topological polar surface area (TPSA) is 18.5 Å². The molecule has 3 heteroatoms. The molecule has 0 unspecified atom stereocenters. The van der Waals surface area contributed by atoms with Crippen LogP contribution in [0.2, 0.25) is 0 Å². The standard InChI is InChI=1S/C16H20O2Si/c1-17-13-19(14-18-2,15-9-5-3-6-10-15)16-11-7-4-8-12-16/h3-12H,13-14H2,1-2H3. The minimum Gasteiger partial charge on any atom is -0.387 e. The monoisotopic (exact) mass is 272 g/mol. The van der Waals surface area contributed by atoms with Crippen molar-refractivity contribution in [2.75, 3.05) is 26.7 Å². The van der Waals surface area contributed by atoms with E-state index in [1.807, 2.05) is 12.1 Å². The average Bonchev–Trinajstić information content (AvgIpc) is 2.49. The van der Waals surface area contributed by atoms with Crippen LogP contribution in [-0.2, 0) is 9.47 Å². The fourth-order valence-corrected chi connectivity index (χ4v) is 6.28. The molecule has 2 aromatic carbocycles. The highest BCUT2D eigenvalue weighted by Gasteiger charge is 2.37. The second-order valence-corrected chi connectivity index (χ2v) is 8.58. The van der Waals surface area contributed by atoms with Crippen molar-refractivity contribution in [2.45, 2.75) is 0 Å². The third kappa shape index (κ3) is 2.95. The molecule has 0 saturated heterocycles. The molecule has 2 rings (SSSR count). The van der Waals surface area contributed by atoms with E-state index in [9.17, 15) is 0 Å². The minimum absolute atomic E-state index is 0.731. The fraction of sp³-hybridized carbons (Fsp3) is 0.250. The van der Waals surface area contributed by atoms with Crippen molar-refractivity contribution in [3.63, 3.8) is 0 Å². The van der Waals surface area contributed by atoms with Crippen molar-refractivity contribution in [3.8, 4) is 0 Å². The van der Waals surface area contributed by atoms with Crippen LogP contribution in [0.5, 0.6) is 0 Å². The summed E-state index contributed by atoms with van der Waals surface area (Å²) in [6, 6.07) is 21.2. The molecule has 0 heterocycles. The maximum absolute atomic E-state index is 5.55. The van der Waals surface area contributed by atoms with Crippen LogP contribution < -0.4 is 10.4 Å². The predicted octanol–water partition coefficient (Wildman–Crippen LogP) is 1.62. The maximum Gasteiger partial charge on any atom is 0.171 e. The van der Waals surface area contributed by atoms with Crippen molar-refractivity contribution < 1.29 is 9.47 Å². The number of hydrogen-bond donors (Lipinski definition) is 0. The molecule has 19 heavy (non-hydrogen) atoms. The first kappa shape index (κ1) is 14.0. The molecule has 100 valence electrons. The molecule has 0 amide bonds. The Balaban J connectivity index is 2.54. The van der Waals surface area contributed by atoms with E-state index in [0.717, 1.165) is 12.5 Å². The van der Waals surface area contributed by atoms with E-state index in [1.54, 1.807) is 14.2 Å². The Morgan fingerprint density at radius 2 is 1.05 bits per heavy atom. The zero-order valence-corrected chi connectivity index (χ0v) is 12.5. The minimum atomic E-state index is -1.99. The van der Waals surface area contributed by atoms with E-state index >= 15 is 0 Å². The second-order valence-electron chi connectivity index (χ2n) is 4.68. The van der Waals surface area contributed by atoms with E-state index in [0.29, 0.717) is 0 Å². The highest BCUT2D eigenvalue weighted by molar-refractivity contribution is 7.02. The lowest BCUT2D eigenvalue weighted by molar-refractivity contribution is 0.221. The Morgan fingerprint density at radius 1 is 0.684 bits per heavy atom. The zero-order valence-electron chi connectivity index (χ0n) is 11.5. The van der Waals surface area contributed by atoms with Crippen LogP contribution in [0.25, 0.3) is 0 Å². The molecule has 0 aliphatic rings. The van der Waals surface area contributed by atoms with Crippen molar-refractivity contribution in [1.29, 1.82) is 0 Å². The summed E-state index contributed by atoms with van der Waals surface area (Å²) in [4.78, 5) is 0. The van der Waals surface area contributed by atoms with Crippen LogP contribution in [-0.4, -0.2) is 34.8 Å². The number of methoxy groups -OCH3 is 2. The summed E-state index contributed by atoms with van der Waals surface area (Å²) >= 11 is 0. The summed E-state index contributed by atoms with van der Waals surface area (Å²) in [6.45, 7) is 0. The van der Waals surface area contributed by atoms with E-state index in [-0.39, 0.29) is 0 Å².